The first-order chi connectivity index (χ1) is 8.01. The fourth-order valence-electron chi connectivity index (χ4n) is 1.67. The molecule has 96 valence electrons. The van der Waals surface area contributed by atoms with Crippen LogP contribution in [0.4, 0.5) is 0 Å². The Kier molecular flexibility index (Phi) is 4.72. The van der Waals surface area contributed by atoms with Gasteiger partial charge in [0, 0.05) is 5.56 Å². The second kappa shape index (κ2) is 5.84. The van der Waals surface area contributed by atoms with Crippen LogP contribution in [0.5, 0.6) is 5.75 Å². The van der Waals surface area contributed by atoms with Gasteiger partial charge in [-0.25, -0.2) is 4.79 Å². The molecule has 2 N–H and O–H groups in total. The minimum atomic E-state index is -1.21. The van der Waals surface area contributed by atoms with E-state index in [1.54, 1.807) is 6.92 Å². The Morgan fingerprint density at radius 1 is 1.47 bits per heavy atom. The van der Waals surface area contributed by atoms with Crippen molar-refractivity contribution < 1.29 is 19.4 Å². The van der Waals surface area contributed by atoms with Crippen LogP contribution in [0.3, 0.4) is 0 Å². The molecule has 0 saturated carbocycles. The van der Waals surface area contributed by atoms with Crippen LogP contribution in [-0.4, -0.2) is 23.4 Å². The van der Waals surface area contributed by atoms with Crippen LogP contribution in [0.2, 0.25) is 0 Å². The van der Waals surface area contributed by atoms with Crippen LogP contribution < -0.4 is 10.4 Å². The molecular weight excluding hydrogens is 224 g/mol. The first-order valence-electron chi connectivity index (χ1n) is 5.56. The Morgan fingerprint density at radius 2 is 2.12 bits per heavy atom. The Labute approximate surface area is 99.7 Å². The van der Waals surface area contributed by atoms with E-state index in [1.165, 1.54) is 13.2 Å². The molecule has 5 nitrogen and oxygen atoms in total. The molecule has 2 atom stereocenters. The third kappa shape index (κ3) is 3.08. The third-order valence-electron chi connectivity index (χ3n) is 2.64. The average Bonchev–Trinajstić information content (AvgIpc) is 2.31. The number of hydrogen-bond acceptors (Lipinski definition) is 5. The number of aliphatic hydroxyl groups is 2. The summed E-state index contributed by atoms with van der Waals surface area (Å²) < 4.78 is 9.94. The van der Waals surface area contributed by atoms with Crippen LogP contribution in [0.15, 0.2) is 15.3 Å². The summed E-state index contributed by atoms with van der Waals surface area (Å²) in [4.78, 5) is 11.3. The van der Waals surface area contributed by atoms with E-state index in [4.69, 9.17) is 9.15 Å². The van der Waals surface area contributed by atoms with Crippen molar-refractivity contribution >= 4 is 0 Å². The number of methoxy groups -OCH3 is 1. The third-order valence-corrected chi connectivity index (χ3v) is 2.64. The lowest BCUT2D eigenvalue weighted by Crippen LogP contribution is -2.20. The van der Waals surface area contributed by atoms with Crippen molar-refractivity contribution in [2.45, 2.75) is 38.9 Å². The quantitative estimate of drug-likeness (QED) is 0.809. The van der Waals surface area contributed by atoms with Crippen molar-refractivity contribution in [1.29, 1.82) is 0 Å². The number of ether oxygens (including phenoxy) is 1. The van der Waals surface area contributed by atoms with Crippen molar-refractivity contribution in [2.75, 3.05) is 7.11 Å². The Bertz CT molecular complexity index is 423. The Morgan fingerprint density at radius 3 is 2.65 bits per heavy atom. The molecule has 1 aromatic rings. The number of hydrogen-bond donors (Lipinski definition) is 2. The highest BCUT2D eigenvalue weighted by Crippen LogP contribution is 2.27. The van der Waals surface area contributed by atoms with Crippen LogP contribution in [-0.2, 0) is 0 Å². The van der Waals surface area contributed by atoms with Gasteiger partial charge in [0.05, 0.1) is 19.3 Å². The maximum Gasteiger partial charge on any atom is 0.339 e. The molecule has 0 aromatic carbocycles. The maximum atomic E-state index is 11.3. The molecule has 0 bridgehead atoms. The first-order valence-corrected chi connectivity index (χ1v) is 5.56. The molecule has 0 spiro atoms. The zero-order valence-corrected chi connectivity index (χ0v) is 10.3. The fraction of sp³-hybridized carbons (Fsp3) is 0.583. The van der Waals surface area contributed by atoms with E-state index in [0.29, 0.717) is 17.7 Å². The second-order valence-electron chi connectivity index (χ2n) is 3.92. The topological polar surface area (TPSA) is 79.9 Å². The van der Waals surface area contributed by atoms with Gasteiger partial charge in [-0.05, 0) is 13.3 Å². The second-order valence-corrected chi connectivity index (χ2v) is 3.92. The minimum absolute atomic E-state index is 0.0651. The molecule has 0 aliphatic heterocycles. The Hall–Kier alpha value is -1.33. The number of rotatable bonds is 5. The van der Waals surface area contributed by atoms with Gasteiger partial charge in [-0.3, -0.25) is 0 Å². The summed E-state index contributed by atoms with van der Waals surface area (Å²) in [5, 5.41) is 19.6. The summed E-state index contributed by atoms with van der Waals surface area (Å²) in [7, 11) is 1.43. The van der Waals surface area contributed by atoms with E-state index in [9.17, 15) is 15.0 Å². The van der Waals surface area contributed by atoms with Gasteiger partial charge in [0.15, 0.2) is 0 Å². The summed E-state index contributed by atoms with van der Waals surface area (Å²) in [5.74, 6) is 0.411. The molecular formula is C12H18O5. The molecule has 0 aliphatic carbocycles. The molecule has 5 heteroatoms. The molecule has 0 saturated heterocycles. The predicted molar refractivity (Wildman–Crippen MR) is 62.1 cm³/mol. The van der Waals surface area contributed by atoms with E-state index in [1.807, 2.05) is 6.92 Å². The van der Waals surface area contributed by atoms with Crippen molar-refractivity contribution in [3.8, 4) is 5.75 Å². The molecule has 1 heterocycles. The van der Waals surface area contributed by atoms with Gasteiger partial charge < -0.3 is 19.4 Å². The predicted octanol–water partition coefficient (Wildman–Crippen LogP) is 1.15. The lowest BCUT2D eigenvalue weighted by Gasteiger charge is -2.18. The standard InChI is InChI=1S/C12H18O5/c1-4-5-8(13)11(15)12-7(2)9(16-3)6-10(14)17-12/h6,8,11,13,15H,4-5H2,1-3H3/t8-,11+/m1/s1. The van der Waals surface area contributed by atoms with Crippen molar-refractivity contribution in [3.05, 3.63) is 27.8 Å². The van der Waals surface area contributed by atoms with Gasteiger partial charge in [-0.2, -0.15) is 0 Å². The monoisotopic (exact) mass is 242 g/mol. The fourth-order valence-corrected chi connectivity index (χ4v) is 1.67. The van der Waals surface area contributed by atoms with Gasteiger partial charge in [-0.1, -0.05) is 13.3 Å². The summed E-state index contributed by atoms with van der Waals surface area (Å²) in [6.45, 7) is 3.56. The van der Waals surface area contributed by atoms with E-state index in [2.05, 4.69) is 0 Å². The SMILES string of the molecule is CCC[C@@H](O)[C@H](O)c1oc(=O)cc(OC)c1C. The summed E-state index contributed by atoms with van der Waals surface area (Å²) in [6.07, 6.45) is -1.00. The molecule has 0 fully saturated rings. The normalized spacial score (nSPS) is 14.4. The molecule has 0 radical (unpaired) electrons. The van der Waals surface area contributed by atoms with Gasteiger partial charge in [0.25, 0.3) is 0 Å². The van der Waals surface area contributed by atoms with Crippen molar-refractivity contribution in [3.63, 3.8) is 0 Å². The largest absolute Gasteiger partial charge is 0.496 e. The lowest BCUT2D eigenvalue weighted by atomic mass is 10.0. The van der Waals surface area contributed by atoms with Crippen LogP contribution >= 0.6 is 0 Å². The van der Waals surface area contributed by atoms with Crippen LogP contribution in [0.25, 0.3) is 0 Å². The van der Waals surface area contributed by atoms with Gasteiger partial charge >= 0.3 is 5.63 Å². The lowest BCUT2D eigenvalue weighted by molar-refractivity contribution is -0.00183. The van der Waals surface area contributed by atoms with Crippen molar-refractivity contribution in [2.24, 2.45) is 0 Å². The molecule has 0 unspecified atom stereocenters. The molecule has 0 aliphatic rings. The smallest absolute Gasteiger partial charge is 0.339 e. The Balaban J connectivity index is 3.12. The van der Waals surface area contributed by atoms with E-state index in [0.717, 1.165) is 6.42 Å². The van der Waals surface area contributed by atoms with E-state index < -0.39 is 17.8 Å². The van der Waals surface area contributed by atoms with Gasteiger partial charge in [-0.15, -0.1) is 0 Å². The highest BCUT2D eigenvalue weighted by Gasteiger charge is 2.24. The number of aliphatic hydroxyl groups excluding tert-OH is 2. The summed E-state index contributed by atoms with van der Waals surface area (Å²) in [5.41, 5.74) is -0.0834. The maximum absolute atomic E-state index is 11.3. The van der Waals surface area contributed by atoms with Gasteiger partial charge in [0.1, 0.15) is 17.6 Å². The highest BCUT2D eigenvalue weighted by atomic mass is 16.5. The first kappa shape index (κ1) is 13.7. The van der Waals surface area contributed by atoms with Crippen LogP contribution in [0, 0.1) is 6.92 Å². The van der Waals surface area contributed by atoms with E-state index in [-0.39, 0.29) is 5.76 Å². The summed E-state index contributed by atoms with van der Waals surface area (Å²) >= 11 is 0. The van der Waals surface area contributed by atoms with Crippen molar-refractivity contribution in [1.82, 2.24) is 0 Å². The molecule has 17 heavy (non-hydrogen) atoms. The van der Waals surface area contributed by atoms with Crippen LogP contribution in [0.1, 0.15) is 37.2 Å². The average molecular weight is 242 g/mol. The van der Waals surface area contributed by atoms with E-state index >= 15 is 0 Å². The summed E-state index contributed by atoms with van der Waals surface area (Å²) in [6, 6.07) is 1.21. The van der Waals surface area contributed by atoms with Gasteiger partial charge in [0.2, 0.25) is 0 Å². The highest BCUT2D eigenvalue weighted by molar-refractivity contribution is 5.33. The molecule has 1 aromatic heterocycles. The zero-order chi connectivity index (χ0) is 13.0. The minimum Gasteiger partial charge on any atom is -0.496 e. The zero-order valence-electron chi connectivity index (χ0n) is 10.3. The molecule has 1 rings (SSSR count). The molecule has 0 amide bonds.